The van der Waals surface area contributed by atoms with Crippen molar-refractivity contribution >= 4 is 22.9 Å². The van der Waals surface area contributed by atoms with E-state index in [1.54, 1.807) is 62.8 Å². The minimum atomic E-state index is -0.355. The van der Waals surface area contributed by atoms with Crippen LogP contribution >= 0.6 is 0 Å². The second-order valence-corrected chi connectivity index (χ2v) is 7.61. The van der Waals surface area contributed by atoms with Gasteiger partial charge in [0.2, 0.25) is 0 Å². The van der Waals surface area contributed by atoms with Crippen molar-refractivity contribution in [1.82, 2.24) is 19.3 Å². The third-order valence-electron chi connectivity index (χ3n) is 5.15. The number of nitrogens with zero attached hydrogens (tertiary/aromatic N) is 4. The molecule has 2 heterocycles. The molecular weight excluding hydrogens is 468 g/mol. The third kappa shape index (κ3) is 5.44. The molecule has 3 aromatic carbocycles. The molecule has 0 aliphatic carbocycles. The van der Waals surface area contributed by atoms with Crippen LogP contribution < -0.4 is 15.6 Å². The van der Waals surface area contributed by atoms with Gasteiger partial charge >= 0.3 is 0 Å². The fourth-order valence-electron chi connectivity index (χ4n) is 3.29. The average molecular weight is 489 g/mol. The van der Waals surface area contributed by atoms with Crippen molar-refractivity contribution in [3.63, 3.8) is 0 Å². The lowest BCUT2D eigenvalue weighted by Crippen LogP contribution is -2.16. The van der Waals surface area contributed by atoms with Crippen LogP contribution in [0.2, 0.25) is 0 Å². The average Bonchev–Trinajstić information content (AvgIpc) is 3.38. The van der Waals surface area contributed by atoms with Crippen LogP contribution in [-0.4, -0.2) is 32.7 Å². The van der Waals surface area contributed by atoms with Gasteiger partial charge in [0, 0.05) is 26.4 Å². The number of fused-ring (bicyclic) bond motifs is 1. The van der Waals surface area contributed by atoms with Gasteiger partial charge in [-0.2, -0.15) is 5.10 Å². The van der Waals surface area contributed by atoms with Gasteiger partial charge in [0.1, 0.15) is 28.8 Å². The molecule has 0 unspecified atom stereocenters. The summed E-state index contributed by atoms with van der Waals surface area (Å²) in [6.45, 7) is 0. The Kier molecular flexibility index (Phi) is 7.15. The number of aryl methyl sites for hydroxylation is 1. The minimum absolute atomic E-state index is 0.148. The highest BCUT2D eigenvalue weighted by Crippen LogP contribution is 2.27. The maximum atomic E-state index is 13.4. The van der Waals surface area contributed by atoms with E-state index in [1.165, 1.54) is 39.8 Å². The van der Waals surface area contributed by atoms with E-state index in [-0.39, 0.29) is 17.2 Å². The number of halogens is 2. The van der Waals surface area contributed by atoms with Crippen molar-refractivity contribution in [3.8, 4) is 17.2 Å². The molecular formula is C26H21F2N5O3. The highest BCUT2D eigenvalue weighted by atomic mass is 19.1. The molecule has 10 heteroatoms. The van der Waals surface area contributed by atoms with Crippen LogP contribution in [0.15, 0.2) is 84.0 Å². The summed E-state index contributed by atoms with van der Waals surface area (Å²) in [7, 11) is 3.27. The number of rotatable bonds is 5. The van der Waals surface area contributed by atoms with Gasteiger partial charge in [0.15, 0.2) is 6.29 Å². The molecule has 1 N–H and O–H groups in total. The molecule has 0 aliphatic rings. The molecule has 0 saturated carbocycles. The summed E-state index contributed by atoms with van der Waals surface area (Å²) in [5, 5.41) is 7.17. The van der Waals surface area contributed by atoms with Crippen LogP contribution in [0.3, 0.4) is 0 Å². The van der Waals surface area contributed by atoms with Crippen molar-refractivity contribution in [2.75, 3.05) is 12.4 Å². The van der Waals surface area contributed by atoms with E-state index in [2.05, 4.69) is 15.4 Å². The molecule has 5 rings (SSSR count). The SMILES string of the molecule is CNc1cc(Oc2ccc3ncn(C)c(=O)c3c2)ccc1F.O=Cc1ccn(-c2ccc(F)cc2)n1. The van der Waals surface area contributed by atoms with E-state index in [0.29, 0.717) is 40.1 Å². The second kappa shape index (κ2) is 10.6. The highest BCUT2D eigenvalue weighted by Gasteiger charge is 2.07. The normalized spacial score (nSPS) is 10.4. The summed E-state index contributed by atoms with van der Waals surface area (Å²) in [5.41, 5.74) is 1.88. The molecule has 8 nitrogen and oxygen atoms in total. The Balaban J connectivity index is 0.000000187. The quantitative estimate of drug-likeness (QED) is 0.359. The van der Waals surface area contributed by atoms with E-state index < -0.39 is 0 Å². The van der Waals surface area contributed by atoms with E-state index in [1.807, 2.05) is 0 Å². The number of aromatic nitrogens is 4. The minimum Gasteiger partial charge on any atom is -0.457 e. The van der Waals surface area contributed by atoms with Gasteiger partial charge in [-0.25, -0.2) is 18.4 Å². The first-order valence-electron chi connectivity index (χ1n) is 10.8. The van der Waals surface area contributed by atoms with Crippen LogP contribution in [0.25, 0.3) is 16.6 Å². The standard InChI is InChI=1S/C16H14FN3O2.C10H7FN2O/c1-18-15-8-11(3-5-13(15)17)22-10-4-6-14-12(7-10)16(21)20(2)9-19-14;11-8-1-3-10(4-2-8)13-6-5-9(7-14)12-13/h3-9,18H,1-2H3;1-7H. The molecule has 5 aromatic rings. The number of nitrogens with one attached hydrogen (secondary N) is 1. The first kappa shape index (κ1) is 24.3. The van der Waals surface area contributed by atoms with Gasteiger partial charge in [0.25, 0.3) is 5.56 Å². The van der Waals surface area contributed by atoms with Crippen molar-refractivity contribution in [1.29, 1.82) is 0 Å². The summed E-state index contributed by atoms with van der Waals surface area (Å²) in [5.74, 6) is 0.319. The second-order valence-electron chi connectivity index (χ2n) is 7.61. The topological polar surface area (TPSA) is 91.0 Å². The molecule has 0 amide bonds. The van der Waals surface area contributed by atoms with Crippen molar-refractivity contribution in [2.45, 2.75) is 0 Å². The van der Waals surface area contributed by atoms with Crippen LogP contribution in [0, 0.1) is 11.6 Å². The zero-order chi connectivity index (χ0) is 25.7. The van der Waals surface area contributed by atoms with Gasteiger partial charge < -0.3 is 14.6 Å². The number of benzene rings is 3. The molecule has 0 saturated heterocycles. The lowest BCUT2D eigenvalue weighted by atomic mass is 10.2. The number of anilines is 1. The van der Waals surface area contributed by atoms with Crippen LogP contribution in [-0.2, 0) is 7.05 Å². The molecule has 2 aromatic heterocycles. The van der Waals surface area contributed by atoms with E-state index in [0.717, 1.165) is 5.69 Å². The predicted octanol–water partition coefficient (Wildman–Crippen LogP) is 4.73. The molecule has 0 atom stereocenters. The monoisotopic (exact) mass is 489 g/mol. The summed E-state index contributed by atoms with van der Waals surface area (Å²) in [6, 6.07) is 16.9. The number of ether oxygens (including phenoxy) is 1. The molecule has 0 fully saturated rings. The summed E-state index contributed by atoms with van der Waals surface area (Å²) >= 11 is 0. The molecule has 0 aliphatic heterocycles. The van der Waals surface area contributed by atoms with E-state index in [9.17, 15) is 18.4 Å². The zero-order valence-electron chi connectivity index (χ0n) is 19.4. The number of carbonyl (C=O) groups is 1. The van der Waals surface area contributed by atoms with Crippen molar-refractivity contribution in [2.24, 2.45) is 7.05 Å². The predicted molar refractivity (Wildman–Crippen MR) is 132 cm³/mol. The Labute approximate surface area is 204 Å². The Bertz CT molecular complexity index is 1580. The number of hydrogen-bond donors (Lipinski definition) is 1. The Hall–Kier alpha value is -4.86. The largest absolute Gasteiger partial charge is 0.457 e. The van der Waals surface area contributed by atoms with Gasteiger partial charge in [-0.1, -0.05) is 0 Å². The van der Waals surface area contributed by atoms with Gasteiger partial charge in [-0.3, -0.25) is 9.59 Å². The fraction of sp³-hybridized carbons (Fsp3) is 0.0769. The number of carbonyl (C=O) groups excluding carboxylic acids is 1. The Morgan fingerprint density at radius 2 is 1.69 bits per heavy atom. The van der Waals surface area contributed by atoms with Crippen LogP contribution in [0.5, 0.6) is 11.5 Å². The first-order valence-corrected chi connectivity index (χ1v) is 10.8. The smallest absolute Gasteiger partial charge is 0.261 e. The first-order chi connectivity index (χ1) is 17.4. The fourth-order valence-corrected chi connectivity index (χ4v) is 3.29. The van der Waals surface area contributed by atoms with Gasteiger partial charge in [-0.05, 0) is 60.7 Å². The molecule has 0 radical (unpaired) electrons. The molecule has 182 valence electrons. The van der Waals surface area contributed by atoms with E-state index >= 15 is 0 Å². The summed E-state index contributed by atoms with van der Waals surface area (Å²) in [6.07, 6.45) is 3.79. The molecule has 0 bridgehead atoms. The van der Waals surface area contributed by atoms with Crippen molar-refractivity contribution in [3.05, 3.63) is 107 Å². The van der Waals surface area contributed by atoms with Gasteiger partial charge in [-0.15, -0.1) is 0 Å². The van der Waals surface area contributed by atoms with E-state index in [4.69, 9.17) is 4.74 Å². The maximum absolute atomic E-state index is 13.4. The van der Waals surface area contributed by atoms with Crippen LogP contribution in [0.4, 0.5) is 14.5 Å². The lowest BCUT2D eigenvalue weighted by Gasteiger charge is -2.09. The third-order valence-corrected chi connectivity index (χ3v) is 5.15. The highest BCUT2D eigenvalue weighted by molar-refractivity contribution is 5.79. The summed E-state index contributed by atoms with van der Waals surface area (Å²) < 4.78 is 34.7. The zero-order valence-corrected chi connectivity index (χ0v) is 19.4. The summed E-state index contributed by atoms with van der Waals surface area (Å²) in [4.78, 5) is 26.6. The van der Waals surface area contributed by atoms with Gasteiger partial charge in [0.05, 0.1) is 28.6 Å². The molecule has 0 spiro atoms. The number of hydrogen-bond acceptors (Lipinski definition) is 6. The Morgan fingerprint density at radius 3 is 2.39 bits per heavy atom. The number of aldehydes is 1. The van der Waals surface area contributed by atoms with Crippen molar-refractivity contribution < 1.29 is 18.3 Å². The maximum Gasteiger partial charge on any atom is 0.261 e. The Morgan fingerprint density at radius 1 is 0.972 bits per heavy atom. The molecule has 36 heavy (non-hydrogen) atoms. The van der Waals surface area contributed by atoms with Crippen LogP contribution in [0.1, 0.15) is 10.5 Å². The lowest BCUT2D eigenvalue weighted by molar-refractivity contribution is 0.111.